The first-order valence-corrected chi connectivity index (χ1v) is 11.9. The average Bonchev–Trinajstić information content (AvgIpc) is 3.31. The number of benzene rings is 2. The lowest BCUT2D eigenvalue weighted by Crippen LogP contribution is -2.39. The highest BCUT2D eigenvalue weighted by atomic mass is 35.5. The third-order valence-electron chi connectivity index (χ3n) is 5.77. The first-order chi connectivity index (χ1) is 16.8. The van der Waals surface area contributed by atoms with E-state index in [-0.39, 0.29) is 24.5 Å². The summed E-state index contributed by atoms with van der Waals surface area (Å²) in [4.78, 5) is 21.8. The fourth-order valence-corrected chi connectivity index (χ4v) is 5.03. The van der Waals surface area contributed by atoms with Crippen molar-refractivity contribution >= 4 is 45.0 Å². The van der Waals surface area contributed by atoms with Gasteiger partial charge in [0.2, 0.25) is 0 Å². The number of thiazole rings is 1. The quantitative estimate of drug-likeness (QED) is 0.391. The van der Waals surface area contributed by atoms with E-state index in [2.05, 4.69) is 9.88 Å². The van der Waals surface area contributed by atoms with Crippen LogP contribution in [-0.2, 0) is 10.9 Å². The van der Waals surface area contributed by atoms with Crippen LogP contribution in [0.2, 0.25) is 0 Å². The Morgan fingerprint density at radius 1 is 1.14 bits per heavy atom. The molecule has 1 aromatic heterocycles. The molecule has 1 aliphatic rings. The number of hydrogen-bond donors (Lipinski definition) is 0. The second-order valence-electron chi connectivity index (χ2n) is 7.99. The van der Waals surface area contributed by atoms with Gasteiger partial charge < -0.3 is 14.2 Å². The molecule has 1 saturated heterocycles. The summed E-state index contributed by atoms with van der Waals surface area (Å²) in [7, 11) is 3.06. The van der Waals surface area contributed by atoms with E-state index in [9.17, 15) is 18.0 Å². The summed E-state index contributed by atoms with van der Waals surface area (Å²) in [6.07, 6.45) is -3.93. The lowest BCUT2D eigenvalue weighted by Gasteiger charge is -2.27. The summed E-state index contributed by atoms with van der Waals surface area (Å²) in [5.41, 5.74) is -0.393. The number of nitrogens with zero attached hydrogens (tertiary/aromatic N) is 3. The molecule has 0 bridgehead atoms. The Labute approximate surface area is 217 Å². The molecular weight excluding hydrogens is 519 g/mol. The fraction of sp³-hybridized carbons (Fsp3) is 0.417. The Balaban J connectivity index is 0.00000361. The Morgan fingerprint density at radius 2 is 1.83 bits per heavy atom. The number of fused-ring (bicyclic) bond motifs is 1. The van der Waals surface area contributed by atoms with Gasteiger partial charge in [-0.25, -0.2) is 4.98 Å². The van der Waals surface area contributed by atoms with E-state index in [0.29, 0.717) is 46.5 Å². The van der Waals surface area contributed by atoms with Crippen LogP contribution in [-0.4, -0.2) is 69.4 Å². The van der Waals surface area contributed by atoms with Crippen molar-refractivity contribution < 1.29 is 32.2 Å². The van der Waals surface area contributed by atoms with E-state index in [4.69, 9.17) is 14.2 Å². The zero-order valence-electron chi connectivity index (χ0n) is 19.8. The minimum absolute atomic E-state index is 0. The molecule has 0 saturated carbocycles. The fourth-order valence-electron chi connectivity index (χ4n) is 3.94. The van der Waals surface area contributed by atoms with Gasteiger partial charge in [0.15, 0.2) is 5.13 Å². The molecule has 0 radical (unpaired) electrons. The zero-order valence-corrected chi connectivity index (χ0v) is 21.5. The minimum Gasteiger partial charge on any atom is -0.495 e. The van der Waals surface area contributed by atoms with Crippen LogP contribution < -0.4 is 14.4 Å². The number of morpholine rings is 1. The van der Waals surface area contributed by atoms with Crippen molar-refractivity contribution in [1.82, 2.24) is 9.88 Å². The first kappa shape index (κ1) is 28.0. The second-order valence-corrected chi connectivity index (χ2v) is 8.96. The average molecular weight is 546 g/mol. The maximum atomic E-state index is 13.5. The molecule has 2 aromatic carbocycles. The molecule has 0 atom stereocenters. The highest BCUT2D eigenvalue weighted by Gasteiger charge is 2.32. The molecule has 1 fully saturated rings. The molecule has 0 spiro atoms. The number of halogens is 4. The van der Waals surface area contributed by atoms with Crippen molar-refractivity contribution in [3.63, 3.8) is 0 Å². The Morgan fingerprint density at radius 3 is 2.50 bits per heavy atom. The molecule has 0 aliphatic carbocycles. The Hall–Kier alpha value is -2.60. The molecule has 12 heteroatoms. The lowest BCUT2D eigenvalue weighted by molar-refractivity contribution is -0.137. The van der Waals surface area contributed by atoms with Gasteiger partial charge in [0.05, 0.1) is 33.0 Å². The second kappa shape index (κ2) is 12.1. The van der Waals surface area contributed by atoms with Crippen LogP contribution >= 0.6 is 23.7 Å². The summed E-state index contributed by atoms with van der Waals surface area (Å²) in [5.74, 6) is 0.544. The van der Waals surface area contributed by atoms with Crippen molar-refractivity contribution in [2.24, 2.45) is 0 Å². The van der Waals surface area contributed by atoms with E-state index in [1.807, 2.05) is 0 Å². The van der Waals surface area contributed by atoms with Crippen molar-refractivity contribution in [1.29, 1.82) is 0 Å². The number of carbonyl (C=O) groups excluding carboxylic acids is 1. The Kier molecular flexibility index (Phi) is 9.40. The van der Waals surface area contributed by atoms with Crippen LogP contribution in [0.3, 0.4) is 0 Å². The molecule has 0 N–H and O–H groups in total. The van der Waals surface area contributed by atoms with Crippen LogP contribution in [0.1, 0.15) is 22.3 Å². The predicted octanol–water partition coefficient (Wildman–Crippen LogP) is 5.12. The number of hydrogen-bond acceptors (Lipinski definition) is 7. The number of rotatable bonds is 8. The molecule has 2 heterocycles. The number of methoxy groups -OCH3 is 2. The van der Waals surface area contributed by atoms with Crippen molar-refractivity contribution in [3.05, 3.63) is 47.5 Å². The molecule has 7 nitrogen and oxygen atoms in total. The molecular formula is C24H27ClF3N3O4S. The first-order valence-electron chi connectivity index (χ1n) is 11.1. The SMILES string of the molecule is COc1ccc(OC)c2sc(N(CCCN3CCOCC3)C(=O)c3cccc(C(F)(F)F)c3)nc12.Cl. The van der Waals surface area contributed by atoms with Gasteiger partial charge in [-0.15, -0.1) is 12.4 Å². The monoisotopic (exact) mass is 545 g/mol. The molecule has 1 aliphatic heterocycles. The molecule has 36 heavy (non-hydrogen) atoms. The third kappa shape index (κ3) is 6.20. The van der Waals surface area contributed by atoms with Crippen molar-refractivity contribution in [2.45, 2.75) is 12.6 Å². The highest BCUT2D eigenvalue weighted by Crippen LogP contribution is 2.40. The van der Waals surface area contributed by atoms with Gasteiger partial charge in [0, 0.05) is 31.7 Å². The summed E-state index contributed by atoms with van der Waals surface area (Å²) in [5, 5.41) is 0.368. The van der Waals surface area contributed by atoms with E-state index in [0.717, 1.165) is 31.8 Å². The third-order valence-corrected chi connectivity index (χ3v) is 6.86. The van der Waals surface area contributed by atoms with Crippen molar-refractivity contribution in [2.75, 3.05) is 58.5 Å². The smallest absolute Gasteiger partial charge is 0.416 e. The Bertz CT molecular complexity index is 1140. The van der Waals surface area contributed by atoms with E-state index >= 15 is 0 Å². The van der Waals surface area contributed by atoms with Gasteiger partial charge in [-0.05, 0) is 36.8 Å². The number of amides is 1. The zero-order chi connectivity index (χ0) is 25.0. The number of anilines is 1. The summed E-state index contributed by atoms with van der Waals surface area (Å²) in [6.45, 7) is 3.94. The van der Waals surface area contributed by atoms with Gasteiger partial charge in [-0.3, -0.25) is 14.6 Å². The normalized spacial score (nSPS) is 14.4. The maximum Gasteiger partial charge on any atom is 0.416 e. The molecule has 3 aromatic rings. The van der Waals surface area contributed by atoms with Crippen LogP contribution in [0, 0.1) is 0 Å². The van der Waals surface area contributed by atoms with Crippen LogP contribution in [0.5, 0.6) is 11.5 Å². The van der Waals surface area contributed by atoms with Gasteiger partial charge in [0.1, 0.15) is 21.7 Å². The maximum absolute atomic E-state index is 13.5. The topological polar surface area (TPSA) is 64.1 Å². The number of ether oxygens (including phenoxy) is 3. The lowest BCUT2D eigenvalue weighted by atomic mass is 10.1. The summed E-state index contributed by atoms with van der Waals surface area (Å²) < 4.78 is 56.8. The highest BCUT2D eigenvalue weighted by molar-refractivity contribution is 7.22. The van der Waals surface area contributed by atoms with E-state index in [1.165, 1.54) is 42.6 Å². The van der Waals surface area contributed by atoms with Crippen molar-refractivity contribution in [3.8, 4) is 11.5 Å². The number of carbonyl (C=O) groups is 1. The van der Waals surface area contributed by atoms with Gasteiger partial charge >= 0.3 is 6.18 Å². The van der Waals surface area contributed by atoms with Crippen LogP contribution in [0.15, 0.2) is 36.4 Å². The van der Waals surface area contributed by atoms with E-state index < -0.39 is 17.6 Å². The predicted molar refractivity (Wildman–Crippen MR) is 135 cm³/mol. The summed E-state index contributed by atoms with van der Waals surface area (Å²) >= 11 is 1.24. The van der Waals surface area contributed by atoms with Crippen LogP contribution in [0.25, 0.3) is 10.2 Å². The van der Waals surface area contributed by atoms with Gasteiger partial charge in [-0.2, -0.15) is 13.2 Å². The molecule has 0 unspecified atom stereocenters. The summed E-state index contributed by atoms with van der Waals surface area (Å²) in [6, 6.07) is 7.94. The van der Waals surface area contributed by atoms with E-state index in [1.54, 1.807) is 12.1 Å². The largest absolute Gasteiger partial charge is 0.495 e. The molecule has 4 rings (SSSR count). The molecule has 1 amide bonds. The standard InChI is InChI=1S/C24H26F3N3O4S.ClH/c1-32-18-7-8-19(33-2)21-20(18)28-23(35-21)30(10-4-9-29-11-13-34-14-12-29)22(31)16-5-3-6-17(15-16)24(25,26)27;/h3,5-8,15H,4,9-14H2,1-2H3;1H. The number of aromatic nitrogens is 1. The minimum atomic E-state index is -4.55. The number of alkyl halides is 3. The van der Waals surface area contributed by atoms with Crippen LogP contribution in [0.4, 0.5) is 18.3 Å². The molecule has 196 valence electrons. The van der Waals surface area contributed by atoms with Gasteiger partial charge in [-0.1, -0.05) is 17.4 Å². The van der Waals surface area contributed by atoms with Gasteiger partial charge in [0.25, 0.3) is 5.91 Å².